The van der Waals surface area contributed by atoms with Crippen LogP contribution in [0.5, 0.6) is 0 Å². The number of pyridine rings is 1. The molecule has 0 aliphatic carbocycles. The molecule has 28 heavy (non-hydrogen) atoms. The zero-order chi connectivity index (χ0) is 20.1. The van der Waals surface area contributed by atoms with Crippen LogP contribution < -0.4 is 10.6 Å². The molecule has 0 spiro atoms. The van der Waals surface area contributed by atoms with Crippen molar-refractivity contribution in [2.75, 3.05) is 17.7 Å². The van der Waals surface area contributed by atoms with E-state index in [9.17, 15) is 9.59 Å². The molecule has 1 amide bonds. The van der Waals surface area contributed by atoms with Crippen molar-refractivity contribution in [2.24, 2.45) is 0 Å². The lowest BCUT2D eigenvalue weighted by molar-refractivity contribution is 0.0600. The third-order valence-corrected chi connectivity index (χ3v) is 4.23. The molecule has 6 nitrogen and oxygen atoms in total. The van der Waals surface area contributed by atoms with E-state index in [1.807, 2.05) is 26.0 Å². The topological polar surface area (TPSA) is 80.3 Å². The zero-order valence-electron chi connectivity index (χ0n) is 15.9. The summed E-state index contributed by atoms with van der Waals surface area (Å²) in [5, 5.41) is 6.10. The van der Waals surface area contributed by atoms with Gasteiger partial charge in [0.1, 0.15) is 5.69 Å². The molecule has 6 heteroatoms. The Bertz CT molecular complexity index is 1010. The number of hydrogen-bond acceptors (Lipinski definition) is 5. The van der Waals surface area contributed by atoms with Gasteiger partial charge in [0.05, 0.1) is 12.7 Å². The molecule has 142 valence electrons. The summed E-state index contributed by atoms with van der Waals surface area (Å²) in [4.78, 5) is 28.1. The van der Waals surface area contributed by atoms with E-state index in [1.54, 1.807) is 36.5 Å². The molecule has 0 radical (unpaired) electrons. The van der Waals surface area contributed by atoms with Crippen molar-refractivity contribution < 1.29 is 14.3 Å². The van der Waals surface area contributed by atoms with Crippen molar-refractivity contribution in [1.29, 1.82) is 0 Å². The molecular formula is C22H21N3O3. The molecule has 0 atom stereocenters. The molecule has 0 fully saturated rings. The molecule has 0 saturated heterocycles. The number of rotatable bonds is 5. The minimum absolute atomic E-state index is 0.285. The summed E-state index contributed by atoms with van der Waals surface area (Å²) in [6.45, 7) is 4.05. The van der Waals surface area contributed by atoms with Gasteiger partial charge in [-0.3, -0.25) is 9.78 Å². The average molecular weight is 375 g/mol. The number of amides is 1. The van der Waals surface area contributed by atoms with Gasteiger partial charge in [0.25, 0.3) is 5.91 Å². The number of nitrogens with zero attached hydrogens (tertiary/aromatic N) is 1. The van der Waals surface area contributed by atoms with Crippen LogP contribution in [0.1, 0.15) is 32.0 Å². The van der Waals surface area contributed by atoms with Crippen molar-refractivity contribution in [2.45, 2.75) is 13.8 Å². The number of esters is 1. The first kappa shape index (κ1) is 19.1. The second-order valence-corrected chi connectivity index (χ2v) is 6.40. The highest BCUT2D eigenvalue weighted by atomic mass is 16.5. The molecule has 0 aliphatic rings. The number of hydrogen-bond donors (Lipinski definition) is 2. The zero-order valence-corrected chi connectivity index (χ0v) is 15.9. The monoisotopic (exact) mass is 375 g/mol. The van der Waals surface area contributed by atoms with Gasteiger partial charge in [-0.15, -0.1) is 0 Å². The molecular weight excluding hydrogens is 354 g/mol. The Hall–Kier alpha value is -3.67. The summed E-state index contributed by atoms with van der Waals surface area (Å²) in [5.41, 5.74) is 5.28. The van der Waals surface area contributed by atoms with E-state index in [0.717, 1.165) is 22.5 Å². The van der Waals surface area contributed by atoms with Crippen molar-refractivity contribution in [3.63, 3.8) is 0 Å². The minimum atomic E-state index is -0.426. The van der Waals surface area contributed by atoms with Crippen LogP contribution >= 0.6 is 0 Å². The molecule has 2 aromatic carbocycles. The van der Waals surface area contributed by atoms with E-state index in [2.05, 4.69) is 32.5 Å². The number of anilines is 3. The van der Waals surface area contributed by atoms with E-state index < -0.39 is 5.97 Å². The van der Waals surface area contributed by atoms with Gasteiger partial charge >= 0.3 is 5.97 Å². The standard InChI is InChI=1S/C22H21N3O3/c1-14-4-5-15(2)19(12-14)24-18-10-11-23-20(13-18)21(26)25-17-8-6-16(7-9-17)22(27)28-3/h4-13H,1-3H3,(H,23,24)(H,25,26). The van der Waals surface area contributed by atoms with E-state index in [4.69, 9.17) is 0 Å². The highest BCUT2D eigenvalue weighted by molar-refractivity contribution is 6.03. The average Bonchev–Trinajstić information content (AvgIpc) is 2.71. The van der Waals surface area contributed by atoms with Crippen molar-refractivity contribution in [3.8, 4) is 0 Å². The number of methoxy groups -OCH3 is 1. The Labute approximate surface area is 163 Å². The Morgan fingerprint density at radius 3 is 2.39 bits per heavy atom. The van der Waals surface area contributed by atoms with Crippen LogP contribution in [-0.2, 0) is 4.74 Å². The third kappa shape index (κ3) is 4.54. The van der Waals surface area contributed by atoms with Gasteiger partial charge in [0, 0.05) is 23.3 Å². The van der Waals surface area contributed by atoms with Gasteiger partial charge < -0.3 is 15.4 Å². The first-order chi connectivity index (χ1) is 13.5. The molecule has 1 heterocycles. The third-order valence-electron chi connectivity index (χ3n) is 4.23. The van der Waals surface area contributed by atoms with Crippen LogP contribution in [0.25, 0.3) is 0 Å². The molecule has 3 rings (SSSR count). The Kier molecular flexibility index (Phi) is 5.69. The maximum absolute atomic E-state index is 12.5. The quantitative estimate of drug-likeness (QED) is 0.643. The predicted octanol–water partition coefficient (Wildman–Crippen LogP) is 4.48. The number of carbonyl (C=O) groups is 2. The van der Waals surface area contributed by atoms with Crippen molar-refractivity contribution in [3.05, 3.63) is 83.2 Å². The van der Waals surface area contributed by atoms with Gasteiger partial charge in [0.2, 0.25) is 0 Å². The number of aromatic nitrogens is 1. The SMILES string of the molecule is COC(=O)c1ccc(NC(=O)c2cc(Nc3cc(C)ccc3C)ccn2)cc1. The van der Waals surface area contributed by atoms with E-state index in [1.165, 1.54) is 7.11 Å². The Morgan fingerprint density at radius 2 is 1.68 bits per heavy atom. The molecule has 0 saturated carbocycles. The second kappa shape index (κ2) is 8.35. The lowest BCUT2D eigenvalue weighted by Crippen LogP contribution is -2.14. The van der Waals surface area contributed by atoms with Gasteiger partial charge in [-0.25, -0.2) is 4.79 Å². The summed E-state index contributed by atoms with van der Waals surface area (Å²) in [6, 6.07) is 16.1. The fourth-order valence-electron chi connectivity index (χ4n) is 2.66. The number of benzene rings is 2. The maximum Gasteiger partial charge on any atom is 0.337 e. The van der Waals surface area contributed by atoms with E-state index >= 15 is 0 Å². The highest BCUT2D eigenvalue weighted by Gasteiger charge is 2.10. The Balaban J connectivity index is 1.73. The Morgan fingerprint density at radius 1 is 0.929 bits per heavy atom. The minimum Gasteiger partial charge on any atom is -0.465 e. The lowest BCUT2D eigenvalue weighted by atomic mass is 10.1. The summed E-state index contributed by atoms with van der Waals surface area (Å²) in [7, 11) is 1.32. The van der Waals surface area contributed by atoms with E-state index in [0.29, 0.717) is 11.3 Å². The van der Waals surface area contributed by atoms with Crippen LogP contribution in [0.3, 0.4) is 0 Å². The predicted molar refractivity (Wildman–Crippen MR) is 109 cm³/mol. The summed E-state index contributed by atoms with van der Waals surface area (Å²) in [6.07, 6.45) is 1.59. The second-order valence-electron chi connectivity index (χ2n) is 6.40. The van der Waals surface area contributed by atoms with Crippen LogP contribution in [0.4, 0.5) is 17.1 Å². The first-order valence-electron chi connectivity index (χ1n) is 8.76. The number of ether oxygens (including phenoxy) is 1. The first-order valence-corrected chi connectivity index (χ1v) is 8.76. The van der Waals surface area contributed by atoms with Gasteiger partial charge in [-0.05, 0) is 67.4 Å². The molecule has 3 aromatic rings. The number of aryl methyl sites for hydroxylation is 2. The largest absolute Gasteiger partial charge is 0.465 e. The van der Waals surface area contributed by atoms with E-state index in [-0.39, 0.29) is 11.6 Å². The fraction of sp³-hybridized carbons (Fsp3) is 0.136. The van der Waals surface area contributed by atoms with Gasteiger partial charge in [-0.1, -0.05) is 12.1 Å². The number of carbonyl (C=O) groups excluding carboxylic acids is 2. The van der Waals surface area contributed by atoms with Crippen LogP contribution in [0.2, 0.25) is 0 Å². The van der Waals surface area contributed by atoms with Gasteiger partial charge in [0.15, 0.2) is 0 Å². The normalized spacial score (nSPS) is 10.2. The van der Waals surface area contributed by atoms with Crippen LogP contribution in [0, 0.1) is 13.8 Å². The van der Waals surface area contributed by atoms with Crippen molar-refractivity contribution >= 4 is 28.9 Å². The number of nitrogens with one attached hydrogen (secondary N) is 2. The lowest BCUT2D eigenvalue weighted by Gasteiger charge is -2.11. The summed E-state index contributed by atoms with van der Waals surface area (Å²) < 4.78 is 4.66. The fourth-order valence-corrected chi connectivity index (χ4v) is 2.66. The van der Waals surface area contributed by atoms with Gasteiger partial charge in [-0.2, -0.15) is 0 Å². The highest BCUT2D eigenvalue weighted by Crippen LogP contribution is 2.22. The smallest absolute Gasteiger partial charge is 0.337 e. The van der Waals surface area contributed by atoms with Crippen LogP contribution in [0.15, 0.2) is 60.8 Å². The molecule has 0 bridgehead atoms. The summed E-state index contributed by atoms with van der Waals surface area (Å²) >= 11 is 0. The van der Waals surface area contributed by atoms with Crippen molar-refractivity contribution in [1.82, 2.24) is 4.98 Å². The maximum atomic E-state index is 12.5. The molecule has 1 aromatic heterocycles. The molecule has 2 N–H and O–H groups in total. The summed E-state index contributed by atoms with van der Waals surface area (Å²) in [5.74, 6) is -0.764. The van der Waals surface area contributed by atoms with Crippen LogP contribution in [-0.4, -0.2) is 24.0 Å². The molecule has 0 unspecified atom stereocenters. The molecule has 0 aliphatic heterocycles.